The smallest absolute Gasteiger partial charge is 0.234 e. The highest BCUT2D eigenvalue weighted by Crippen LogP contribution is 2.30. The van der Waals surface area contributed by atoms with E-state index >= 15 is 0 Å². The van der Waals surface area contributed by atoms with Crippen LogP contribution >= 0.6 is 0 Å². The Balaban J connectivity index is 1.82. The van der Waals surface area contributed by atoms with Crippen LogP contribution < -0.4 is 11.1 Å². The van der Waals surface area contributed by atoms with E-state index in [9.17, 15) is 4.79 Å². The van der Waals surface area contributed by atoms with Gasteiger partial charge in [-0.05, 0) is 30.1 Å². The van der Waals surface area contributed by atoms with Gasteiger partial charge in [-0.2, -0.15) is 0 Å². The zero-order valence-corrected chi connectivity index (χ0v) is 14.2. The van der Waals surface area contributed by atoms with Gasteiger partial charge in [-0.15, -0.1) is 0 Å². The lowest BCUT2D eigenvalue weighted by molar-refractivity contribution is -0.124. The summed E-state index contributed by atoms with van der Waals surface area (Å²) in [6.07, 6.45) is 4.65. The van der Waals surface area contributed by atoms with Crippen molar-refractivity contribution in [3.63, 3.8) is 0 Å². The zero-order chi connectivity index (χ0) is 15.6. The van der Waals surface area contributed by atoms with Gasteiger partial charge in [0.1, 0.15) is 0 Å². The summed E-state index contributed by atoms with van der Waals surface area (Å²) < 4.78 is 0. The molecule has 0 aromatic carbocycles. The average molecular weight is 295 g/mol. The molecule has 0 radical (unpaired) electrons. The zero-order valence-electron chi connectivity index (χ0n) is 14.2. The number of carbonyl (C=O) groups is 1. The quantitative estimate of drug-likeness (QED) is 0.837. The second kappa shape index (κ2) is 6.66. The van der Waals surface area contributed by atoms with Crippen molar-refractivity contribution in [2.45, 2.75) is 65.5 Å². The van der Waals surface area contributed by atoms with Crippen LogP contribution in [-0.2, 0) is 4.79 Å². The Morgan fingerprint density at radius 2 is 2.00 bits per heavy atom. The van der Waals surface area contributed by atoms with Gasteiger partial charge in [0, 0.05) is 25.2 Å². The average Bonchev–Trinajstić information content (AvgIpc) is 2.39. The molecule has 2 rings (SSSR count). The molecule has 21 heavy (non-hydrogen) atoms. The first-order valence-electron chi connectivity index (χ1n) is 8.57. The molecule has 2 aliphatic rings. The molecule has 0 bridgehead atoms. The summed E-state index contributed by atoms with van der Waals surface area (Å²) in [7, 11) is 0. The molecule has 1 amide bonds. The first kappa shape index (κ1) is 16.8. The highest BCUT2D eigenvalue weighted by Gasteiger charge is 2.34. The summed E-state index contributed by atoms with van der Waals surface area (Å²) in [5, 5.41) is 3.27. The molecule has 0 spiro atoms. The maximum absolute atomic E-state index is 12.3. The van der Waals surface area contributed by atoms with Crippen molar-refractivity contribution in [1.29, 1.82) is 0 Å². The molecule has 1 saturated carbocycles. The lowest BCUT2D eigenvalue weighted by atomic mass is 9.78. The number of carbonyl (C=O) groups excluding carboxylic acids is 1. The number of hydrogen-bond donors (Lipinski definition) is 2. The number of rotatable bonds is 3. The Hall–Kier alpha value is -0.610. The minimum absolute atomic E-state index is 0.102. The van der Waals surface area contributed by atoms with Crippen molar-refractivity contribution in [3.8, 4) is 0 Å². The summed E-state index contributed by atoms with van der Waals surface area (Å²) in [4.78, 5) is 14.6. The van der Waals surface area contributed by atoms with E-state index in [0.717, 1.165) is 31.8 Å². The van der Waals surface area contributed by atoms with Crippen molar-refractivity contribution in [2.75, 3.05) is 19.6 Å². The fraction of sp³-hybridized carbons (Fsp3) is 0.941. The van der Waals surface area contributed by atoms with Crippen LogP contribution in [0.15, 0.2) is 0 Å². The van der Waals surface area contributed by atoms with Crippen molar-refractivity contribution >= 4 is 5.91 Å². The highest BCUT2D eigenvalue weighted by molar-refractivity contribution is 5.78. The van der Waals surface area contributed by atoms with E-state index in [-0.39, 0.29) is 17.4 Å². The van der Waals surface area contributed by atoms with Crippen molar-refractivity contribution in [3.05, 3.63) is 0 Å². The van der Waals surface area contributed by atoms with Crippen LogP contribution in [-0.4, -0.2) is 42.5 Å². The van der Waals surface area contributed by atoms with Crippen molar-refractivity contribution in [2.24, 2.45) is 23.0 Å². The first-order chi connectivity index (χ1) is 9.79. The molecule has 1 saturated heterocycles. The topological polar surface area (TPSA) is 58.4 Å². The molecule has 1 aliphatic heterocycles. The molecule has 0 aromatic rings. The molecule has 4 nitrogen and oxygen atoms in total. The Bertz CT molecular complexity index is 369. The van der Waals surface area contributed by atoms with E-state index in [4.69, 9.17) is 5.73 Å². The minimum atomic E-state index is 0.102. The number of amides is 1. The minimum Gasteiger partial charge on any atom is -0.352 e. The number of nitrogens with zero attached hydrogens (tertiary/aromatic N) is 1. The second-order valence-electron chi connectivity index (χ2n) is 8.04. The van der Waals surface area contributed by atoms with Gasteiger partial charge in [0.15, 0.2) is 0 Å². The third-order valence-electron chi connectivity index (χ3n) is 5.81. The molecular weight excluding hydrogens is 262 g/mol. The van der Waals surface area contributed by atoms with Crippen molar-refractivity contribution in [1.82, 2.24) is 10.2 Å². The number of hydrogen-bond acceptors (Lipinski definition) is 3. The highest BCUT2D eigenvalue weighted by atomic mass is 16.2. The van der Waals surface area contributed by atoms with Crippen LogP contribution in [0.3, 0.4) is 0 Å². The summed E-state index contributed by atoms with van der Waals surface area (Å²) in [6, 6.07) is 0.609. The van der Waals surface area contributed by atoms with E-state index in [2.05, 4.69) is 37.9 Å². The number of likely N-dealkylation sites (tertiary alicyclic amines) is 1. The van der Waals surface area contributed by atoms with Crippen LogP contribution in [0.1, 0.15) is 53.4 Å². The summed E-state index contributed by atoms with van der Waals surface area (Å²) in [5.41, 5.74) is 6.26. The maximum Gasteiger partial charge on any atom is 0.234 e. The molecule has 4 unspecified atom stereocenters. The van der Waals surface area contributed by atoms with Gasteiger partial charge in [-0.1, -0.05) is 40.5 Å². The summed E-state index contributed by atoms with van der Waals surface area (Å²) in [6.45, 7) is 11.4. The van der Waals surface area contributed by atoms with E-state index in [1.165, 1.54) is 12.8 Å². The van der Waals surface area contributed by atoms with Gasteiger partial charge in [-0.25, -0.2) is 0 Å². The van der Waals surface area contributed by atoms with E-state index < -0.39 is 0 Å². The van der Waals surface area contributed by atoms with Gasteiger partial charge in [0.2, 0.25) is 5.91 Å². The van der Waals surface area contributed by atoms with Crippen LogP contribution in [0.2, 0.25) is 0 Å². The lowest BCUT2D eigenvalue weighted by Gasteiger charge is -2.42. The van der Waals surface area contributed by atoms with Crippen molar-refractivity contribution < 1.29 is 4.79 Å². The van der Waals surface area contributed by atoms with Gasteiger partial charge in [0.05, 0.1) is 6.54 Å². The van der Waals surface area contributed by atoms with Gasteiger partial charge in [0.25, 0.3) is 0 Å². The molecule has 122 valence electrons. The monoisotopic (exact) mass is 295 g/mol. The number of nitrogens with one attached hydrogen (secondary N) is 1. The molecule has 4 heteroatoms. The standard InChI is InChI=1S/C17H33N3O/c1-12-6-5-7-14(13(12)2)19-16(21)10-20-9-8-15(18)17(3,4)11-20/h12-15H,5-11,18H2,1-4H3,(H,19,21). The Kier molecular flexibility index (Phi) is 5.31. The van der Waals surface area contributed by atoms with Crippen LogP contribution in [0.25, 0.3) is 0 Å². The molecule has 2 fully saturated rings. The lowest BCUT2D eigenvalue weighted by Crippen LogP contribution is -2.55. The molecular formula is C17H33N3O. The third-order valence-corrected chi connectivity index (χ3v) is 5.81. The summed E-state index contributed by atoms with van der Waals surface area (Å²) >= 11 is 0. The third kappa shape index (κ3) is 4.19. The van der Waals surface area contributed by atoms with Gasteiger partial charge in [-0.3, -0.25) is 9.69 Å². The van der Waals surface area contributed by atoms with E-state index in [1.54, 1.807) is 0 Å². The predicted octanol–water partition coefficient (Wildman–Crippen LogP) is 1.99. The molecule has 3 N–H and O–H groups in total. The Labute approximate surface area is 129 Å². The van der Waals surface area contributed by atoms with E-state index in [1.807, 2.05) is 0 Å². The fourth-order valence-electron chi connectivity index (χ4n) is 3.86. The van der Waals surface area contributed by atoms with Gasteiger partial charge < -0.3 is 11.1 Å². The number of nitrogens with two attached hydrogens (primary N) is 1. The maximum atomic E-state index is 12.3. The second-order valence-corrected chi connectivity index (χ2v) is 8.04. The van der Waals surface area contributed by atoms with Gasteiger partial charge >= 0.3 is 0 Å². The normalized spacial score (nSPS) is 37.2. The van der Waals surface area contributed by atoms with Crippen LogP contribution in [0.5, 0.6) is 0 Å². The number of piperidine rings is 1. The molecule has 1 heterocycles. The molecule has 0 aromatic heterocycles. The van der Waals surface area contributed by atoms with Crippen LogP contribution in [0, 0.1) is 17.3 Å². The SMILES string of the molecule is CC1CCCC(NC(=O)CN2CCC(N)C(C)(C)C2)C1C. The Morgan fingerprint density at radius 1 is 1.29 bits per heavy atom. The largest absolute Gasteiger partial charge is 0.352 e. The molecule has 1 aliphatic carbocycles. The van der Waals surface area contributed by atoms with Crippen LogP contribution in [0.4, 0.5) is 0 Å². The Morgan fingerprint density at radius 3 is 2.67 bits per heavy atom. The predicted molar refractivity (Wildman–Crippen MR) is 86.9 cm³/mol. The summed E-state index contributed by atoms with van der Waals surface area (Å²) in [5.74, 6) is 1.50. The molecule has 4 atom stereocenters. The first-order valence-corrected chi connectivity index (χ1v) is 8.57. The van der Waals surface area contributed by atoms with E-state index in [0.29, 0.717) is 18.5 Å². The fourth-order valence-corrected chi connectivity index (χ4v) is 3.86.